The van der Waals surface area contributed by atoms with E-state index in [1.54, 1.807) is 0 Å². The van der Waals surface area contributed by atoms with Crippen molar-refractivity contribution in [3.63, 3.8) is 0 Å². The molecule has 0 unspecified atom stereocenters. The summed E-state index contributed by atoms with van der Waals surface area (Å²) in [7, 11) is 0. The molecule has 1 aromatic carbocycles. The molecule has 130 valence electrons. The van der Waals surface area contributed by atoms with Crippen LogP contribution in [0.2, 0.25) is 0 Å². The van der Waals surface area contributed by atoms with Crippen LogP contribution < -0.4 is 5.56 Å². The van der Waals surface area contributed by atoms with Gasteiger partial charge < -0.3 is 9.80 Å². The number of H-pyrrole nitrogens is 1. The van der Waals surface area contributed by atoms with Crippen LogP contribution in [0, 0.1) is 11.6 Å². The number of aromatic amines is 1. The monoisotopic (exact) mass is 348 g/mol. The van der Waals surface area contributed by atoms with Crippen molar-refractivity contribution in [2.75, 3.05) is 26.2 Å². The smallest absolute Gasteiger partial charge is 0.274 e. The van der Waals surface area contributed by atoms with Gasteiger partial charge in [0.25, 0.3) is 17.4 Å². The molecule has 3 rings (SSSR count). The largest absolute Gasteiger partial charge is 0.335 e. The third-order valence-electron chi connectivity index (χ3n) is 3.91. The Hall–Kier alpha value is -3.10. The molecular formula is C16H14F2N4O3. The van der Waals surface area contributed by atoms with Gasteiger partial charge in [-0.15, -0.1) is 0 Å². The van der Waals surface area contributed by atoms with Gasteiger partial charge in [0.1, 0.15) is 17.3 Å². The van der Waals surface area contributed by atoms with Crippen LogP contribution in [0.25, 0.3) is 0 Å². The summed E-state index contributed by atoms with van der Waals surface area (Å²) in [5.41, 5.74) is -0.651. The summed E-state index contributed by atoms with van der Waals surface area (Å²) in [6.07, 6.45) is 0. The van der Waals surface area contributed by atoms with Crippen LogP contribution in [0.5, 0.6) is 0 Å². The Balaban J connectivity index is 1.66. The molecule has 1 aliphatic heterocycles. The van der Waals surface area contributed by atoms with Gasteiger partial charge in [0, 0.05) is 32.2 Å². The van der Waals surface area contributed by atoms with E-state index in [9.17, 15) is 23.2 Å². The van der Waals surface area contributed by atoms with Crippen molar-refractivity contribution in [3.05, 3.63) is 63.6 Å². The van der Waals surface area contributed by atoms with Gasteiger partial charge >= 0.3 is 0 Å². The lowest BCUT2D eigenvalue weighted by Crippen LogP contribution is -2.51. The first kappa shape index (κ1) is 16.7. The van der Waals surface area contributed by atoms with Crippen molar-refractivity contribution in [1.29, 1.82) is 0 Å². The Kier molecular flexibility index (Phi) is 4.55. The first-order valence-electron chi connectivity index (χ1n) is 7.55. The lowest BCUT2D eigenvalue weighted by molar-refractivity contribution is 0.0528. The highest BCUT2D eigenvalue weighted by Crippen LogP contribution is 2.15. The summed E-state index contributed by atoms with van der Waals surface area (Å²) in [6.45, 7) is 0.818. The van der Waals surface area contributed by atoms with E-state index in [4.69, 9.17) is 0 Å². The van der Waals surface area contributed by atoms with Gasteiger partial charge in [-0.3, -0.25) is 14.4 Å². The highest BCUT2D eigenvalue weighted by molar-refractivity contribution is 5.95. The fourth-order valence-electron chi connectivity index (χ4n) is 2.57. The standard InChI is InChI=1S/C16H14F2N4O3/c17-10-1-2-12(18)11(9-10)15(24)21-5-7-22(8-6-21)16(25)13-3-4-14(23)20-19-13/h1-4,9H,5-8H2,(H,20,23). The Morgan fingerprint density at radius 2 is 1.60 bits per heavy atom. The van der Waals surface area contributed by atoms with Crippen LogP contribution in [0.3, 0.4) is 0 Å². The fraction of sp³-hybridized carbons (Fsp3) is 0.250. The second kappa shape index (κ2) is 6.80. The number of rotatable bonds is 2. The minimum Gasteiger partial charge on any atom is -0.335 e. The summed E-state index contributed by atoms with van der Waals surface area (Å²) in [5.74, 6) is -2.48. The summed E-state index contributed by atoms with van der Waals surface area (Å²) in [5, 5.41) is 5.86. The van der Waals surface area contributed by atoms with E-state index in [1.807, 2.05) is 0 Å². The number of hydrogen-bond donors (Lipinski definition) is 1. The maximum atomic E-state index is 13.7. The zero-order chi connectivity index (χ0) is 18.0. The van der Waals surface area contributed by atoms with Crippen LogP contribution in [0.1, 0.15) is 20.8 Å². The van der Waals surface area contributed by atoms with Crippen LogP contribution in [0.15, 0.2) is 35.1 Å². The van der Waals surface area contributed by atoms with Crippen molar-refractivity contribution in [3.8, 4) is 0 Å². The zero-order valence-electron chi connectivity index (χ0n) is 13.0. The number of nitrogens with zero attached hydrogens (tertiary/aromatic N) is 3. The van der Waals surface area contributed by atoms with Gasteiger partial charge in [-0.2, -0.15) is 5.10 Å². The maximum absolute atomic E-state index is 13.7. The van der Waals surface area contributed by atoms with Crippen molar-refractivity contribution in [1.82, 2.24) is 20.0 Å². The summed E-state index contributed by atoms with van der Waals surface area (Å²) >= 11 is 0. The van der Waals surface area contributed by atoms with Crippen molar-refractivity contribution >= 4 is 11.8 Å². The van der Waals surface area contributed by atoms with Crippen LogP contribution in [-0.2, 0) is 0 Å². The second-order valence-corrected chi connectivity index (χ2v) is 5.52. The number of amides is 2. The summed E-state index contributed by atoms with van der Waals surface area (Å²) < 4.78 is 27.0. The minimum atomic E-state index is -0.789. The third-order valence-corrected chi connectivity index (χ3v) is 3.91. The molecule has 0 radical (unpaired) electrons. The van der Waals surface area contributed by atoms with Gasteiger partial charge in [-0.1, -0.05) is 0 Å². The molecule has 2 heterocycles. The van der Waals surface area contributed by atoms with Gasteiger partial charge in [-0.25, -0.2) is 13.9 Å². The van der Waals surface area contributed by atoms with Gasteiger partial charge in [0.2, 0.25) is 0 Å². The van der Waals surface area contributed by atoms with Gasteiger partial charge in [-0.05, 0) is 24.3 Å². The Morgan fingerprint density at radius 3 is 2.20 bits per heavy atom. The zero-order valence-corrected chi connectivity index (χ0v) is 13.0. The molecular weight excluding hydrogens is 334 g/mol. The average molecular weight is 348 g/mol. The van der Waals surface area contributed by atoms with Crippen molar-refractivity contribution in [2.45, 2.75) is 0 Å². The van der Waals surface area contributed by atoms with Crippen molar-refractivity contribution in [2.24, 2.45) is 0 Å². The molecule has 2 aromatic rings. The molecule has 1 N–H and O–H groups in total. The maximum Gasteiger partial charge on any atom is 0.274 e. The molecule has 7 nitrogen and oxygen atoms in total. The Labute approximate surface area is 140 Å². The number of hydrogen-bond acceptors (Lipinski definition) is 4. The molecule has 0 spiro atoms. The lowest BCUT2D eigenvalue weighted by Gasteiger charge is -2.34. The van der Waals surface area contributed by atoms with Crippen molar-refractivity contribution < 1.29 is 18.4 Å². The number of carbonyl (C=O) groups excluding carboxylic acids is 2. The Bertz CT molecular complexity index is 855. The number of benzene rings is 1. The summed E-state index contributed by atoms with van der Waals surface area (Å²) in [6, 6.07) is 5.23. The molecule has 0 bridgehead atoms. The molecule has 9 heteroatoms. The third kappa shape index (κ3) is 3.54. The average Bonchev–Trinajstić information content (AvgIpc) is 2.63. The lowest BCUT2D eigenvalue weighted by atomic mass is 10.1. The van der Waals surface area contributed by atoms with Gasteiger partial charge in [0.05, 0.1) is 5.56 Å². The molecule has 1 aliphatic rings. The molecule has 25 heavy (non-hydrogen) atoms. The molecule has 1 aromatic heterocycles. The predicted molar refractivity (Wildman–Crippen MR) is 83.0 cm³/mol. The first-order valence-corrected chi connectivity index (χ1v) is 7.55. The van der Waals surface area contributed by atoms with E-state index < -0.39 is 23.1 Å². The fourth-order valence-corrected chi connectivity index (χ4v) is 2.57. The van der Waals surface area contributed by atoms with E-state index in [2.05, 4.69) is 10.2 Å². The van der Waals surface area contributed by atoms with Gasteiger partial charge in [0.15, 0.2) is 0 Å². The number of carbonyl (C=O) groups is 2. The number of halogens is 2. The Morgan fingerprint density at radius 1 is 0.960 bits per heavy atom. The molecule has 0 atom stereocenters. The highest BCUT2D eigenvalue weighted by Gasteiger charge is 2.27. The molecule has 1 fully saturated rings. The van der Waals surface area contributed by atoms with E-state index >= 15 is 0 Å². The molecule has 2 amide bonds. The SMILES string of the molecule is O=C(c1ccc(=O)[nH]n1)N1CCN(C(=O)c2cc(F)ccc2F)CC1. The topological polar surface area (TPSA) is 86.4 Å². The molecule has 0 saturated carbocycles. The highest BCUT2D eigenvalue weighted by atomic mass is 19.1. The van der Waals surface area contributed by atoms with Crippen LogP contribution in [0.4, 0.5) is 8.78 Å². The molecule has 1 saturated heterocycles. The normalized spacial score (nSPS) is 14.5. The number of nitrogens with one attached hydrogen (secondary N) is 1. The van der Waals surface area contributed by atoms with Crippen LogP contribution >= 0.6 is 0 Å². The van der Waals surface area contributed by atoms with Crippen LogP contribution in [-0.4, -0.2) is 58.0 Å². The minimum absolute atomic E-state index is 0.0931. The first-order chi connectivity index (χ1) is 12.0. The van der Waals surface area contributed by atoms with E-state index in [0.717, 1.165) is 18.2 Å². The summed E-state index contributed by atoms with van der Waals surface area (Å²) in [4.78, 5) is 38.4. The number of aromatic nitrogens is 2. The number of piperazine rings is 1. The molecule has 0 aliphatic carbocycles. The second-order valence-electron chi connectivity index (χ2n) is 5.52. The van der Waals surface area contributed by atoms with E-state index in [-0.39, 0.29) is 43.3 Å². The van der Waals surface area contributed by atoms with E-state index in [1.165, 1.54) is 21.9 Å². The van der Waals surface area contributed by atoms with E-state index in [0.29, 0.717) is 0 Å². The quantitative estimate of drug-likeness (QED) is 0.863. The predicted octanol–water partition coefficient (Wildman–Crippen LogP) is 0.646.